The van der Waals surface area contributed by atoms with Crippen LogP contribution in [0.4, 0.5) is 17.2 Å². The lowest BCUT2D eigenvalue weighted by atomic mass is 10.1. The van der Waals surface area contributed by atoms with E-state index in [9.17, 15) is 9.70 Å². The van der Waals surface area contributed by atoms with E-state index in [-0.39, 0.29) is 5.56 Å². The van der Waals surface area contributed by atoms with Gasteiger partial charge in [0.05, 0.1) is 5.56 Å². The van der Waals surface area contributed by atoms with E-state index in [0.29, 0.717) is 28.8 Å². The molecule has 0 saturated heterocycles. The van der Waals surface area contributed by atoms with Crippen molar-refractivity contribution < 1.29 is 0 Å². The van der Waals surface area contributed by atoms with Gasteiger partial charge in [-0.05, 0) is 60.0 Å². The molecule has 0 radical (unpaired) electrons. The quantitative estimate of drug-likeness (QED) is 0.412. The monoisotopic (exact) mass is 395 g/mol. The Bertz CT molecular complexity index is 1080. The van der Waals surface area contributed by atoms with E-state index < -0.39 is 5.56 Å². The Hall–Kier alpha value is -3.32. The highest BCUT2D eigenvalue weighted by atomic mass is 35.5. The largest absolute Gasteiger partial charge is 0.339 e. The molecule has 8 heteroatoms. The second-order valence-corrected chi connectivity index (χ2v) is 6.83. The number of H-pyrrole nitrogens is 1. The summed E-state index contributed by atoms with van der Waals surface area (Å²) < 4.78 is 0. The Morgan fingerprint density at radius 3 is 2.43 bits per heavy atom. The van der Waals surface area contributed by atoms with Crippen molar-refractivity contribution in [3.05, 3.63) is 84.8 Å². The first-order valence-corrected chi connectivity index (χ1v) is 8.88. The molecule has 0 fully saturated rings. The predicted molar refractivity (Wildman–Crippen MR) is 112 cm³/mol. The number of nitrogens with one attached hydrogen (secondary N) is 3. The van der Waals surface area contributed by atoms with Crippen molar-refractivity contribution in [2.24, 2.45) is 5.18 Å². The number of aryl methyl sites for hydroxylation is 2. The van der Waals surface area contributed by atoms with Crippen molar-refractivity contribution in [2.75, 3.05) is 5.32 Å². The molecular formula is C20H18ClN5O2. The Morgan fingerprint density at radius 2 is 1.86 bits per heavy atom. The normalized spacial score (nSPS) is 10.5. The van der Waals surface area contributed by atoms with Crippen LogP contribution < -0.4 is 10.9 Å². The fourth-order valence-electron chi connectivity index (χ4n) is 2.94. The second-order valence-electron chi connectivity index (χ2n) is 6.39. The molecule has 0 unspecified atom stereocenters. The van der Waals surface area contributed by atoms with Gasteiger partial charge in [0.15, 0.2) is 0 Å². The molecule has 28 heavy (non-hydrogen) atoms. The molecule has 1 aromatic heterocycles. The molecule has 7 nitrogen and oxygen atoms in total. The third-order valence-corrected chi connectivity index (χ3v) is 4.52. The maximum absolute atomic E-state index is 12.4. The van der Waals surface area contributed by atoms with Crippen LogP contribution in [0.2, 0.25) is 5.02 Å². The number of benzene rings is 2. The highest BCUT2D eigenvalue weighted by molar-refractivity contribution is 6.30. The van der Waals surface area contributed by atoms with Crippen LogP contribution >= 0.6 is 11.6 Å². The predicted octanol–water partition coefficient (Wildman–Crippen LogP) is 4.77. The highest BCUT2D eigenvalue weighted by Crippen LogP contribution is 2.28. The standard InChI is InChI=1S/C20H18ClN5O2/c1-11-7-14(21)8-12(2)18(11)25-19-16(10-22)20(27)24-17(23-19)9-13-3-5-15(26-28)6-4-13/h3-8,10,22H,9H2,1-2H3,(H2,23,24,25,27). The number of aromatic nitrogens is 2. The minimum absolute atomic E-state index is 0.137. The van der Waals surface area contributed by atoms with E-state index in [0.717, 1.165) is 28.6 Å². The zero-order valence-corrected chi connectivity index (χ0v) is 16.1. The molecule has 0 aliphatic heterocycles. The van der Waals surface area contributed by atoms with E-state index in [4.69, 9.17) is 17.0 Å². The summed E-state index contributed by atoms with van der Waals surface area (Å²) in [5.74, 6) is 0.739. The topological polar surface area (TPSA) is 111 Å². The van der Waals surface area contributed by atoms with Crippen molar-refractivity contribution in [1.82, 2.24) is 9.97 Å². The maximum atomic E-state index is 12.4. The number of anilines is 2. The fourth-order valence-corrected chi connectivity index (χ4v) is 3.26. The summed E-state index contributed by atoms with van der Waals surface area (Å²) >= 11 is 6.09. The molecule has 0 amide bonds. The van der Waals surface area contributed by atoms with Crippen LogP contribution in [0.3, 0.4) is 0 Å². The maximum Gasteiger partial charge on any atom is 0.261 e. The van der Waals surface area contributed by atoms with Crippen molar-refractivity contribution in [3.63, 3.8) is 0 Å². The summed E-state index contributed by atoms with van der Waals surface area (Å²) in [4.78, 5) is 30.2. The Labute approximate surface area is 166 Å². The first-order chi connectivity index (χ1) is 13.4. The average Bonchev–Trinajstić information content (AvgIpc) is 2.65. The molecule has 0 aliphatic rings. The van der Waals surface area contributed by atoms with Gasteiger partial charge in [0, 0.05) is 23.3 Å². The van der Waals surface area contributed by atoms with Crippen LogP contribution in [-0.2, 0) is 6.42 Å². The van der Waals surface area contributed by atoms with E-state index >= 15 is 0 Å². The Balaban J connectivity index is 1.99. The van der Waals surface area contributed by atoms with Crippen molar-refractivity contribution in [1.29, 1.82) is 5.41 Å². The fraction of sp³-hybridized carbons (Fsp3) is 0.150. The molecule has 0 bridgehead atoms. The lowest BCUT2D eigenvalue weighted by Crippen LogP contribution is -2.19. The first kappa shape index (κ1) is 19.4. The number of rotatable bonds is 6. The third kappa shape index (κ3) is 4.15. The minimum atomic E-state index is -0.405. The van der Waals surface area contributed by atoms with Gasteiger partial charge >= 0.3 is 0 Å². The zero-order valence-electron chi connectivity index (χ0n) is 15.3. The highest BCUT2D eigenvalue weighted by Gasteiger charge is 2.13. The number of halogens is 1. The van der Waals surface area contributed by atoms with Gasteiger partial charge in [-0.3, -0.25) is 4.79 Å². The Morgan fingerprint density at radius 1 is 1.21 bits per heavy atom. The molecule has 0 atom stereocenters. The van der Waals surface area contributed by atoms with Crippen LogP contribution in [0.15, 0.2) is 46.4 Å². The van der Waals surface area contributed by atoms with E-state index in [1.54, 1.807) is 24.3 Å². The van der Waals surface area contributed by atoms with E-state index in [1.807, 2.05) is 26.0 Å². The van der Waals surface area contributed by atoms with Crippen LogP contribution in [0.25, 0.3) is 0 Å². The summed E-state index contributed by atoms with van der Waals surface area (Å²) in [7, 11) is 0. The van der Waals surface area contributed by atoms with Crippen molar-refractivity contribution in [2.45, 2.75) is 20.3 Å². The van der Waals surface area contributed by atoms with Gasteiger partial charge in [-0.2, -0.15) is 0 Å². The molecule has 3 rings (SSSR count). The van der Waals surface area contributed by atoms with Crippen LogP contribution in [0.1, 0.15) is 28.1 Å². The lowest BCUT2D eigenvalue weighted by molar-refractivity contribution is 0.946. The molecule has 0 saturated carbocycles. The van der Waals surface area contributed by atoms with Gasteiger partial charge in [0.1, 0.15) is 17.3 Å². The van der Waals surface area contributed by atoms with E-state index in [2.05, 4.69) is 20.5 Å². The van der Waals surface area contributed by atoms with Gasteiger partial charge in [0.2, 0.25) is 0 Å². The second kappa shape index (κ2) is 8.14. The van der Waals surface area contributed by atoms with Gasteiger partial charge in [-0.1, -0.05) is 23.7 Å². The van der Waals surface area contributed by atoms with Crippen LogP contribution in [0, 0.1) is 24.2 Å². The van der Waals surface area contributed by atoms with Crippen molar-refractivity contribution >= 4 is 35.0 Å². The Kier molecular flexibility index (Phi) is 5.65. The SMILES string of the molecule is Cc1cc(Cl)cc(C)c1Nc1nc(Cc2ccc(N=O)cc2)[nH]c(=O)c1C=N. The molecule has 0 spiro atoms. The molecule has 3 aromatic rings. The number of hydrogen-bond donors (Lipinski definition) is 3. The summed E-state index contributed by atoms with van der Waals surface area (Å²) in [5, 5.41) is 14.3. The lowest BCUT2D eigenvalue weighted by Gasteiger charge is -2.15. The zero-order chi connectivity index (χ0) is 20.3. The molecular weight excluding hydrogens is 378 g/mol. The molecule has 3 N–H and O–H groups in total. The summed E-state index contributed by atoms with van der Waals surface area (Å²) in [6.07, 6.45) is 1.34. The third-order valence-electron chi connectivity index (χ3n) is 4.30. The van der Waals surface area contributed by atoms with Crippen LogP contribution in [0.5, 0.6) is 0 Å². The summed E-state index contributed by atoms with van der Waals surface area (Å²) in [6, 6.07) is 10.3. The van der Waals surface area contributed by atoms with Crippen LogP contribution in [-0.4, -0.2) is 16.2 Å². The molecule has 1 heterocycles. The number of nitrogens with zero attached hydrogens (tertiary/aromatic N) is 2. The van der Waals surface area contributed by atoms with E-state index in [1.165, 1.54) is 0 Å². The summed E-state index contributed by atoms with van der Waals surface area (Å²) in [5.41, 5.74) is 3.53. The number of hydrogen-bond acceptors (Lipinski definition) is 6. The first-order valence-electron chi connectivity index (χ1n) is 8.51. The van der Waals surface area contributed by atoms with Gasteiger partial charge in [0.25, 0.3) is 5.56 Å². The molecule has 0 aliphatic carbocycles. The van der Waals surface area contributed by atoms with Gasteiger partial charge in [-0.15, -0.1) is 4.91 Å². The number of aromatic amines is 1. The molecule has 2 aromatic carbocycles. The molecule has 142 valence electrons. The number of nitroso groups, excluding NO2 is 1. The average molecular weight is 396 g/mol. The van der Waals surface area contributed by atoms with Gasteiger partial charge in [-0.25, -0.2) is 4.98 Å². The van der Waals surface area contributed by atoms with Gasteiger partial charge < -0.3 is 15.7 Å². The van der Waals surface area contributed by atoms with Crippen molar-refractivity contribution in [3.8, 4) is 0 Å². The summed E-state index contributed by atoms with van der Waals surface area (Å²) in [6.45, 7) is 3.81. The smallest absolute Gasteiger partial charge is 0.261 e. The minimum Gasteiger partial charge on any atom is -0.339 e.